The third-order valence-electron chi connectivity index (χ3n) is 5.75. The summed E-state index contributed by atoms with van der Waals surface area (Å²) in [5.41, 5.74) is 5.25. The highest BCUT2D eigenvalue weighted by Gasteiger charge is 2.37. The van der Waals surface area contributed by atoms with E-state index in [0.717, 1.165) is 0 Å². The lowest BCUT2D eigenvalue weighted by Crippen LogP contribution is -2.32. The molecule has 0 aromatic heterocycles. The molecule has 124 valence electrons. The number of thioether (sulfide) groups is 1. The van der Waals surface area contributed by atoms with Crippen molar-refractivity contribution in [2.75, 3.05) is 6.26 Å². The fourth-order valence-corrected chi connectivity index (χ4v) is 4.94. The molecule has 0 atom stereocenters. The van der Waals surface area contributed by atoms with E-state index in [9.17, 15) is 0 Å². The van der Waals surface area contributed by atoms with Crippen LogP contribution in [0.25, 0.3) is 0 Å². The van der Waals surface area contributed by atoms with E-state index in [1.165, 1.54) is 62.7 Å². The predicted octanol–water partition coefficient (Wildman–Crippen LogP) is 7.06. The summed E-state index contributed by atoms with van der Waals surface area (Å²) >= 11 is 1.87. The van der Waals surface area contributed by atoms with Crippen molar-refractivity contribution in [3.8, 4) is 0 Å². The van der Waals surface area contributed by atoms with Crippen LogP contribution >= 0.6 is 11.8 Å². The van der Waals surface area contributed by atoms with E-state index in [-0.39, 0.29) is 0 Å². The summed E-state index contributed by atoms with van der Waals surface area (Å²) in [6.45, 7) is 2.29. The van der Waals surface area contributed by atoms with Crippen LogP contribution in [0.3, 0.4) is 0 Å². The van der Waals surface area contributed by atoms with Gasteiger partial charge >= 0.3 is 0 Å². The first-order valence-corrected chi connectivity index (χ1v) is 10.5. The topological polar surface area (TPSA) is 0 Å². The summed E-state index contributed by atoms with van der Waals surface area (Å²) in [7, 11) is 0. The van der Waals surface area contributed by atoms with E-state index in [1.807, 2.05) is 11.8 Å². The van der Waals surface area contributed by atoms with Crippen molar-refractivity contribution in [3.63, 3.8) is 0 Å². The lowest BCUT2D eigenvalue weighted by Gasteiger charge is -2.41. The molecule has 3 rings (SSSR count). The molecule has 23 heavy (non-hydrogen) atoms. The molecule has 0 saturated heterocycles. The van der Waals surface area contributed by atoms with E-state index in [4.69, 9.17) is 0 Å². The number of rotatable bonds is 5. The first-order valence-electron chi connectivity index (χ1n) is 9.32. The molecule has 0 amide bonds. The Morgan fingerprint density at radius 2 is 1.87 bits per heavy atom. The van der Waals surface area contributed by atoms with Crippen molar-refractivity contribution in [3.05, 3.63) is 53.1 Å². The Labute approximate surface area is 146 Å². The van der Waals surface area contributed by atoms with Crippen molar-refractivity contribution < 1.29 is 0 Å². The van der Waals surface area contributed by atoms with Gasteiger partial charge in [0.25, 0.3) is 0 Å². The number of allylic oxidation sites excluding steroid dienone is 4. The van der Waals surface area contributed by atoms with Crippen LogP contribution in [0.1, 0.15) is 70.3 Å². The molecule has 1 heteroatoms. The molecule has 0 unspecified atom stereocenters. The molecule has 1 saturated carbocycles. The van der Waals surface area contributed by atoms with Crippen molar-refractivity contribution >= 4 is 11.8 Å². The number of hydrogen-bond acceptors (Lipinski definition) is 1. The Hall–Kier alpha value is -0.950. The van der Waals surface area contributed by atoms with Crippen LogP contribution in [0.2, 0.25) is 0 Å². The normalized spacial score (nSPS) is 20.8. The molecule has 2 aliphatic rings. The second kappa shape index (κ2) is 7.75. The third kappa shape index (κ3) is 3.60. The van der Waals surface area contributed by atoms with E-state index < -0.39 is 0 Å². The minimum absolute atomic E-state index is 0.318. The summed E-state index contributed by atoms with van der Waals surface area (Å²) in [5, 5.41) is 0. The second-order valence-electron chi connectivity index (χ2n) is 7.14. The van der Waals surface area contributed by atoms with E-state index in [1.54, 1.807) is 16.7 Å². The average molecular weight is 327 g/mol. The van der Waals surface area contributed by atoms with Gasteiger partial charge in [-0.1, -0.05) is 68.0 Å². The van der Waals surface area contributed by atoms with Gasteiger partial charge in [0.1, 0.15) is 0 Å². The van der Waals surface area contributed by atoms with Crippen molar-refractivity contribution in [2.24, 2.45) is 0 Å². The van der Waals surface area contributed by atoms with Gasteiger partial charge in [-0.2, -0.15) is 0 Å². The molecular formula is C22H30S. The molecule has 0 heterocycles. The predicted molar refractivity (Wildman–Crippen MR) is 103 cm³/mol. The van der Waals surface area contributed by atoms with Gasteiger partial charge in [0, 0.05) is 10.3 Å². The Balaban J connectivity index is 1.97. The molecule has 1 aromatic carbocycles. The smallest absolute Gasteiger partial charge is 0.0165 e. The highest BCUT2D eigenvalue weighted by Crippen LogP contribution is 2.48. The summed E-state index contributed by atoms with van der Waals surface area (Å²) in [6.07, 6.45) is 19.1. The Morgan fingerprint density at radius 3 is 2.52 bits per heavy atom. The van der Waals surface area contributed by atoms with Crippen LogP contribution < -0.4 is 0 Å². The maximum atomic E-state index is 2.49. The first-order chi connectivity index (χ1) is 11.3. The number of hydrogen-bond donors (Lipinski definition) is 0. The van der Waals surface area contributed by atoms with Crippen LogP contribution in [0.5, 0.6) is 0 Å². The minimum atomic E-state index is 0.318. The second-order valence-corrected chi connectivity index (χ2v) is 8.02. The molecule has 0 bridgehead atoms. The fraction of sp³-hybridized carbons (Fsp3) is 0.545. The fourth-order valence-electron chi connectivity index (χ4n) is 4.48. The Morgan fingerprint density at radius 1 is 1.04 bits per heavy atom. The van der Waals surface area contributed by atoms with Crippen molar-refractivity contribution in [1.82, 2.24) is 0 Å². The lowest BCUT2D eigenvalue weighted by molar-refractivity contribution is 0.330. The third-order valence-corrected chi connectivity index (χ3v) is 6.48. The monoisotopic (exact) mass is 326 g/mol. The molecule has 0 nitrogen and oxygen atoms in total. The molecule has 0 N–H and O–H groups in total. The van der Waals surface area contributed by atoms with Crippen LogP contribution in [-0.2, 0) is 5.41 Å². The standard InChI is InChI=1S/C22H30S/c1-3-8-18-11-13-19(14-12-18)22(15-5-4-6-16-22)20-9-7-10-21(17-20)23-2/h7,9-11,13,17H,3-6,8,12,14-16H2,1-2H3. The average Bonchev–Trinajstić information content (AvgIpc) is 2.63. The SMILES string of the molecule is CCCC1=CC=C(C2(c3cccc(SC)c3)CCCCC2)CC1. The molecule has 0 aliphatic heterocycles. The van der Waals surface area contributed by atoms with Gasteiger partial charge < -0.3 is 0 Å². The summed E-state index contributed by atoms with van der Waals surface area (Å²) in [4.78, 5) is 1.41. The molecule has 0 radical (unpaired) electrons. The van der Waals surface area contributed by atoms with Gasteiger partial charge in [0.2, 0.25) is 0 Å². The summed E-state index contributed by atoms with van der Waals surface area (Å²) < 4.78 is 0. The molecular weight excluding hydrogens is 296 g/mol. The van der Waals surface area contributed by atoms with Crippen LogP contribution in [0.4, 0.5) is 0 Å². The molecule has 2 aliphatic carbocycles. The molecule has 0 spiro atoms. The molecule has 1 fully saturated rings. The minimum Gasteiger partial charge on any atom is -0.130 e. The van der Waals surface area contributed by atoms with Crippen molar-refractivity contribution in [1.29, 1.82) is 0 Å². The van der Waals surface area contributed by atoms with Gasteiger partial charge in [0.05, 0.1) is 0 Å². The van der Waals surface area contributed by atoms with Gasteiger partial charge in [-0.15, -0.1) is 11.8 Å². The van der Waals surface area contributed by atoms with Crippen LogP contribution in [0.15, 0.2) is 52.5 Å². The largest absolute Gasteiger partial charge is 0.130 e. The van der Waals surface area contributed by atoms with Crippen LogP contribution in [0, 0.1) is 0 Å². The van der Waals surface area contributed by atoms with E-state index in [0.29, 0.717) is 5.41 Å². The quantitative estimate of drug-likeness (QED) is 0.522. The highest BCUT2D eigenvalue weighted by molar-refractivity contribution is 7.98. The maximum absolute atomic E-state index is 2.49. The van der Waals surface area contributed by atoms with E-state index in [2.05, 4.69) is 49.6 Å². The van der Waals surface area contributed by atoms with Gasteiger partial charge in [-0.05, 0) is 56.1 Å². The zero-order chi connectivity index (χ0) is 16.1. The Kier molecular flexibility index (Phi) is 5.69. The lowest BCUT2D eigenvalue weighted by atomic mass is 9.63. The zero-order valence-electron chi connectivity index (χ0n) is 14.7. The van der Waals surface area contributed by atoms with E-state index >= 15 is 0 Å². The first kappa shape index (κ1) is 16.9. The van der Waals surface area contributed by atoms with Gasteiger partial charge in [-0.3, -0.25) is 0 Å². The zero-order valence-corrected chi connectivity index (χ0v) is 15.6. The Bertz CT molecular complexity index is 588. The van der Waals surface area contributed by atoms with Crippen molar-refractivity contribution in [2.45, 2.75) is 75.0 Å². The van der Waals surface area contributed by atoms with Gasteiger partial charge in [-0.25, -0.2) is 0 Å². The highest BCUT2D eigenvalue weighted by atomic mass is 32.2. The summed E-state index contributed by atoms with van der Waals surface area (Å²) in [5.74, 6) is 0. The number of benzene rings is 1. The van der Waals surface area contributed by atoms with Crippen LogP contribution in [-0.4, -0.2) is 6.26 Å². The maximum Gasteiger partial charge on any atom is 0.0165 e. The summed E-state index contributed by atoms with van der Waals surface area (Å²) in [6, 6.07) is 9.36. The van der Waals surface area contributed by atoms with Gasteiger partial charge in [0.15, 0.2) is 0 Å². The molecule has 1 aromatic rings.